The van der Waals surface area contributed by atoms with E-state index in [4.69, 9.17) is 0 Å². The van der Waals surface area contributed by atoms with E-state index in [0.717, 1.165) is 26.9 Å². The van der Waals surface area contributed by atoms with Crippen LogP contribution in [0.1, 0.15) is 5.56 Å². The summed E-state index contributed by atoms with van der Waals surface area (Å²) in [5.74, 6) is -2.28. The minimum Gasteiger partial charge on any atom is -0.508 e. The molecule has 0 aliphatic carbocycles. The molecule has 0 unspecified atom stereocenters. The maximum Gasteiger partial charge on any atom is 0.166 e. The molecule has 0 aliphatic rings. The van der Waals surface area contributed by atoms with Gasteiger partial charge in [0.1, 0.15) is 23.0 Å². The number of hydrogen-bond donors (Lipinski definition) is 12. The van der Waals surface area contributed by atoms with Crippen LogP contribution in [0, 0.1) is 6.92 Å². The first-order valence-electron chi connectivity index (χ1n) is 20.0. The average molecular weight is 867 g/mol. The Labute approximate surface area is 367 Å². The molecule has 11 aromatic rings. The monoisotopic (exact) mass is 866 g/mol. The van der Waals surface area contributed by atoms with Crippen LogP contribution < -0.4 is 0 Å². The molecule has 0 spiro atoms. The lowest BCUT2D eigenvalue weighted by Gasteiger charge is -2.15. The highest BCUT2D eigenvalue weighted by Gasteiger charge is 2.22. The summed E-state index contributed by atoms with van der Waals surface area (Å²) in [6.07, 6.45) is 0. The molecular formula is C53H38O12. The molecule has 0 fully saturated rings. The van der Waals surface area contributed by atoms with Crippen LogP contribution >= 0.6 is 0 Å². The van der Waals surface area contributed by atoms with Crippen LogP contribution in [0.5, 0.6) is 69.0 Å². The van der Waals surface area contributed by atoms with Gasteiger partial charge in [0, 0.05) is 11.1 Å². The van der Waals surface area contributed by atoms with Crippen LogP contribution in [0.4, 0.5) is 0 Å². The second-order valence-electron chi connectivity index (χ2n) is 15.6. The second kappa shape index (κ2) is 15.6. The van der Waals surface area contributed by atoms with Crippen LogP contribution in [0.2, 0.25) is 0 Å². The molecule has 12 nitrogen and oxygen atoms in total. The van der Waals surface area contributed by atoms with Crippen molar-refractivity contribution in [3.8, 4) is 80.1 Å². The third-order valence-electron chi connectivity index (χ3n) is 11.6. The zero-order valence-corrected chi connectivity index (χ0v) is 34.1. The summed E-state index contributed by atoms with van der Waals surface area (Å²) in [4.78, 5) is 0. The number of phenolic OH excluding ortho intramolecular Hbond substituents is 12. The van der Waals surface area contributed by atoms with Crippen LogP contribution in [-0.2, 0) is 0 Å². The smallest absolute Gasteiger partial charge is 0.166 e. The van der Waals surface area contributed by atoms with Gasteiger partial charge in [0.25, 0.3) is 0 Å². The lowest BCUT2D eigenvalue weighted by Crippen LogP contribution is -1.88. The van der Waals surface area contributed by atoms with Gasteiger partial charge in [-0.2, -0.15) is 0 Å². The normalized spacial score (nSPS) is 11.3. The van der Waals surface area contributed by atoms with E-state index in [1.807, 2.05) is 30.3 Å². The zero-order valence-electron chi connectivity index (χ0n) is 34.1. The maximum absolute atomic E-state index is 10.5. The van der Waals surface area contributed by atoms with E-state index in [-0.39, 0.29) is 80.1 Å². The first-order valence-corrected chi connectivity index (χ1v) is 20.0. The van der Waals surface area contributed by atoms with Crippen molar-refractivity contribution in [3.63, 3.8) is 0 Å². The summed E-state index contributed by atoms with van der Waals surface area (Å²) in [6, 6.07) is 38.3. The van der Waals surface area contributed by atoms with Crippen LogP contribution in [0.15, 0.2) is 140 Å². The molecule has 0 amide bonds. The number of phenols is 12. The highest BCUT2D eigenvalue weighted by atomic mass is 16.3. The molecule has 0 atom stereocenters. The fraction of sp³-hybridized carbons (Fsp3) is 0.0189. The lowest BCUT2D eigenvalue weighted by atomic mass is 9.91. The third-order valence-corrected chi connectivity index (χ3v) is 11.6. The Balaban J connectivity index is 0.000000125. The molecular weight excluding hydrogens is 829 g/mol. The standard InChI is InChI=1S/C20H14O4.C19H14O5.C14H10O3/c21-15-9-11-5-1-3-7-13(11)17(19(15)23)18-14-8-4-2-6-12(14)10-16(22)20(18)24;1-8-2-9-10(3-15(8)20)12-5-17(22)19(24)7-14(12)13-6-18(23)16(21)4-11(9)13;15-10-5-1-3-8-7-9-4-2-6-11(16)13(9)14(17)12(8)10/h1-10,21-24H;2-7,20-24H,1H3;1-7,15-17H. The fourth-order valence-electron chi connectivity index (χ4n) is 8.50. The van der Waals surface area contributed by atoms with Gasteiger partial charge < -0.3 is 61.3 Å². The Morgan fingerprint density at radius 1 is 0.246 bits per heavy atom. The number of hydrogen-bond acceptors (Lipinski definition) is 12. The molecule has 322 valence electrons. The molecule has 12 N–H and O–H groups in total. The maximum atomic E-state index is 10.5. The molecule has 0 saturated heterocycles. The molecule has 65 heavy (non-hydrogen) atoms. The van der Waals surface area contributed by atoms with Gasteiger partial charge in [-0.3, -0.25) is 0 Å². The largest absolute Gasteiger partial charge is 0.508 e. The van der Waals surface area contributed by atoms with E-state index in [1.165, 1.54) is 48.5 Å². The Morgan fingerprint density at radius 2 is 0.585 bits per heavy atom. The summed E-state index contributed by atoms with van der Waals surface area (Å²) in [5, 5.41) is 129. The third kappa shape index (κ3) is 6.91. The van der Waals surface area contributed by atoms with Gasteiger partial charge in [-0.25, -0.2) is 0 Å². The van der Waals surface area contributed by atoms with E-state index in [0.29, 0.717) is 54.0 Å². The van der Waals surface area contributed by atoms with Crippen molar-refractivity contribution in [2.75, 3.05) is 0 Å². The predicted molar refractivity (Wildman–Crippen MR) is 252 cm³/mol. The van der Waals surface area contributed by atoms with Gasteiger partial charge in [-0.05, 0) is 144 Å². The van der Waals surface area contributed by atoms with Gasteiger partial charge in [0.15, 0.2) is 46.0 Å². The highest BCUT2D eigenvalue weighted by Crippen LogP contribution is 2.51. The number of benzene rings is 11. The quantitative estimate of drug-likeness (QED) is 0.0419. The lowest BCUT2D eigenvalue weighted by molar-refractivity contribution is 0.401. The minimum atomic E-state index is -0.334. The Bertz CT molecular complexity index is 3350. The van der Waals surface area contributed by atoms with E-state index < -0.39 is 0 Å². The Morgan fingerprint density at radius 3 is 0.985 bits per heavy atom. The second-order valence-corrected chi connectivity index (χ2v) is 15.6. The van der Waals surface area contributed by atoms with Crippen LogP contribution in [0.25, 0.3) is 86.5 Å². The molecule has 11 aromatic carbocycles. The van der Waals surface area contributed by atoms with Gasteiger partial charge in [-0.15, -0.1) is 0 Å². The molecule has 0 saturated carbocycles. The van der Waals surface area contributed by atoms with E-state index >= 15 is 0 Å². The topological polar surface area (TPSA) is 243 Å². The van der Waals surface area contributed by atoms with Crippen molar-refractivity contribution in [1.82, 2.24) is 0 Å². The van der Waals surface area contributed by atoms with Gasteiger partial charge in [0.2, 0.25) is 0 Å². The summed E-state index contributed by atoms with van der Waals surface area (Å²) in [6.45, 7) is 1.76. The van der Waals surface area contributed by atoms with Gasteiger partial charge in [0.05, 0.1) is 10.8 Å². The van der Waals surface area contributed by atoms with E-state index in [9.17, 15) is 61.3 Å². The molecule has 0 aromatic heterocycles. The van der Waals surface area contributed by atoms with E-state index in [1.54, 1.807) is 67.6 Å². The molecule has 0 radical (unpaired) electrons. The Kier molecular flexibility index (Phi) is 9.91. The molecule has 0 bridgehead atoms. The fourth-order valence-corrected chi connectivity index (χ4v) is 8.50. The SMILES string of the molecule is Cc1cc2c(cc1O)c1cc(O)c(O)cc1c1cc(O)c(O)cc21.Oc1cc2ccccc2c(-c2c(O)c(O)cc3ccccc23)c1O.Oc1cccc2cc3cccc(O)c3c(O)c12. The Hall–Kier alpha value is -9.16. The highest BCUT2D eigenvalue weighted by molar-refractivity contribution is 6.26. The number of aromatic hydroxyl groups is 12. The van der Waals surface area contributed by atoms with Crippen molar-refractivity contribution >= 4 is 75.4 Å². The molecule has 0 aliphatic heterocycles. The van der Waals surface area contributed by atoms with Crippen LogP contribution in [0.3, 0.4) is 0 Å². The zero-order chi connectivity index (χ0) is 46.0. The summed E-state index contributed by atoms with van der Waals surface area (Å²) >= 11 is 0. The van der Waals surface area contributed by atoms with Crippen molar-refractivity contribution in [1.29, 1.82) is 0 Å². The minimum absolute atomic E-state index is 0.00477. The first kappa shape index (κ1) is 41.2. The first-order chi connectivity index (χ1) is 31.1. The number of fused-ring (bicyclic) bond motifs is 10. The molecule has 0 heterocycles. The van der Waals surface area contributed by atoms with Gasteiger partial charge >= 0.3 is 0 Å². The van der Waals surface area contributed by atoms with Crippen LogP contribution in [-0.4, -0.2) is 61.3 Å². The number of aryl methyl sites for hydroxylation is 1. The van der Waals surface area contributed by atoms with Gasteiger partial charge in [-0.1, -0.05) is 72.8 Å². The average Bonchev–Trinajstić information content (AvgIpc) is 3.27. The van der Waals surface area contributed by atoms with Crippen molar-refractivity contribution in [3.05, 3.63) is 145 Å². The van der Waals surface area contributed by atoms with Crippen molar-refractivity contribution in [2.24, 2.45) is 0 Å². The number of rotatable bonds is 1. The molecule has 12 heteroatoms. The van der Waals surface area contributed by atoms with Crippen molar-refractivity contribution < 1.29 is 61.3 Å². The summed E-state index contributed by atoms with van der Waals surface area (Å²) in [7, 11) is 0. The van der Waals surface area contributed by atoms with E-state index in [2.05, 4.69) is 0 Å². The van der Waals surface area contributed by atoms with Crippen molar-refractivity contribution in [2.45, 2.75) is 6.92 Å². The summed E-state index contributed by atoms with van der Waals surface area (Å²) in [5.41, 5.74) is 1.24. The summed E-state index contributed by atoms with van der Waals surface area (Å²) < 4.78 is 0. The predicted octanol–water partition coefficient (Wildman–Crippen LogP) is 11.6. The molecule has 11 rings (SSSR count).